The van der Waals surface area contributed by atoms with E-state index in [1.165, 1.54) is 41.1 Å². The van der Waals surface area contributed by atoms with Gasteiger partial charge in [-0.2, -0.15) is 15.3 Å². The second-order valence-corrected chi connectivity index (χ2v) is 15.9. The lowest BCUT2D eigenvalue weighted by Crippen LogP contribution is -2.14. The topological polar surface area (TPSA) is 179 Å². The molecule has 334 valence electrons. The highest BCUT2D eigenvalue weighted by atomic mass is 19.2. The molecule has 0 aliphatic carbocycles. The largest absolute Gasteiger partial charge is 0.477 e. The molecule has 1 unspecified atom stereocenters. The number of benzene rings is 3. The second-order valence-electron chi connectivity index (χ2n) is 15.9. The number of nitrogens with two attached hydrogens (primary N) is 1. The van der Waals surface area contributed by atoms with Crippen molar-refractivity contribution in [2.75, 3.05) is 12.3 Å². The Bertz CT molecular complexity index is 3210. The Morgan fingerprint density at radius 3 is 1.89 bits per heavy atom. The number of hydrogen-bond donors (Lipinski definition) is 3. The maximum absolute atomic E-state index is 16.8. The molecule has 0 amide bonds. The van der Waals surface area contributed by atoms with E-state index in [-0.39, 0.29) is 104 Å². The van der Waals surface area contributed by atoms with Crippen LogP contribution < -0.4 is 5.73 Å². The van der Waals surface area contributed by atoms with E-state index in [1.807, 2.05) is 13.8 Å². The van der Waals surface area contributed by atoms with Crippen molar-refractivity contribution in [2.24, 2.45) is 0 Å². The predicted octanol–water partition coefficient (Wildman–Crippen LogP) is 9.47. The average molecular weight is 896 g/mol. The molecule has 3 aromatic carbocycles. The summed E-state index contributed by atoms with van der Waals surface area (Å²) in [6, 6.07) is 10.4. The molecule has 0 saturated heterocycles. The van der Waals surface area contributed by atoms with Crippen molar-refractivity contribution >= 4 is 29.1 Å². The molecule has 0 aliphatic heterocycles. The first kappa shape index (κ1) is 44.1. The van der Waals surface area contributed by atoms with Gasteiger partial charge in [0.2, 0.25) is 0 Å². The third-order valence-corrected chi connectivity index (χ3v) is 11.1. The van der Waals surface area contributed by atoms with E-state index < -0.39 is 69.5 Å². The van der Waals surface area contributed by atoms with Crippen molar-refractivity contribution in [2.45, 2.75) is 66.2 Å². The van der Waals surface area contributed by atoms with Crippen molar-refractivity contribution in [1.29, 1.82) is 0 Å². The first-order valence-corrected chi connectivity index (χ1v) is 20.3. The van der Waals surface area contributed by atoms with Crippen molar-refractivity contribution < 1.29 is 45.8 Å². The number of H-pyrrole nitrogens is 1. The number of rotatable bonds is 12. The fraction of sp³-hybridized carbons (Fsp3) is 0.239. The van der Waals surface area contributed by atoms with Crippen LogP contribution in [0.4, 0.5) is 32.2 Å². The summed E-state index contributed by atoms with van der Waals surface area (Å²) >= 11 is 0. The molecule has 8 rings (SSSR count). The Labute approximate surface area is 365 Å². The average Bonchev–Trinajstić information content (AvgIpc) is 3.88. The third-order valence-electron chi connectivity index (χ3n) is 11.1. The van der Waals surface area contributed by atoms with E-state index in [1.54, 1.807) is 13.8 Å². The van der Waals surface area contributed by atoms with Crippen LogP contribution in [0.1, 0.15) is 100 Å². The van der Waals surface area contributed by atoms with Crippen LogP contribution in [0.15, 0.2) is 54.6 Å². The zero-order chi connectivity index (χ0) is 46.8. The number of halogens is 6. The van der Waals surface area contributed by atoms with Gasteiger partial charge >= 0.3 is 11.9 Å². The lowest BCUT2D eigenvalue weighted by molar-refractivity contribution is 0.0518. The fourth-order valence-electron chi connectivity index (χ4n) is 8.19. The monoisotopic (exact) mass is 895 g/mol. The number of carbonyl (C=O) groups excluding carboxylic acids is 1. The number of hydrogen-bond acceptors (Lipinski definition) is 9. The summed E-state index contributed by atoms with van der Waals surface area (Å²) in [6.07, 6.45) is -0.414. The molecule has 19 heteroatoms. The Hall–Kier alpha value is -7.57. The molecule has 4 N–H and O–H groups in total. The van der Waals surface area contributed by atoms with Gasteiger partial charge in [0, 0.05) is 23.7 Å². The smallest absolute Gasteiger partial charge is 0.357 e. The normalized spacial score (nSPS) is 12.2. The lowest BCUT2D eigenvalue weighted by Gasteiger charge is -2.16. The minimum atomic E-state index is -1.32. The van der Waals surface area contributed by atoms with Crippen LogP contribution in [0.25, 0.3) is 44.7 Å². The summed E-state index contributed by atoms with van der Waals surface area (Å²) in [5.41, 5.74) is 4.62. The van der Waals surface area contributed by atoms with Gasteiger partial charge in [-0.3, -0.25) is 5.10 Å². The minimum absolute atomic E-state index is 0.0178. The van der Waals surface area contributed by atoms with Crippen LogP contribution in [0, 0.1) is 48.8 Å². The molecule has 0 aliphatic rings. The first-order valence-electron chi connectivity index (χ1n) is 20.3. The number of carboxylic acid groups (broad SMARTS) is 1. The molecule has 0 radical (unpaired) electrons. The minimum Gasteiger partial charge on any atom is -0.477 e. The van der Waals surface area contributed by atoms with E-state index in [2.05, 4.69) is 30.4 Å². The molecule has 0 bridgehead atoms. The van der Waals surface area contributed by atoms with Gasteiger partial charge in [0.05, 0.1) is 57.1 Å². The van der Waals surface area contributed by atoms with Crippen molar-refractivity contribution in [3.05, 3.63) is 140 Å². The van der Waals surface area contributed by atoms with E-state index >= 15 is 17.6 Å². The summed E-state index contributed by atoms with van der Waals surface area (Å²) in [5, 5.41) is 25.3. The van der Waals surface area contributed by atoms with Crippen molar-refractivity contribution in [3.63, 3.8) is 0 Å². The highest BCUT2D eigenvalue weighted by Gasteiger charge is 2.30. The van der Waals surface area contributed by atoms with Crippen LogP contribution in [-0.4, -0.2) is 63.0 Å². The van der Waals surface area contributed by atoms with E-state index in [0.29, 0.717) is 5.69 Å². The molecule has 0 spiro atoms. The fourth-order valence-corrected chi connectivity index (χ4v) is 8.19. The number of nitrogens with zero attached hydrogens (tertiary/aromatic N) is 7. The van der Waals surface area contributed by atoms with Crippen molar-refractivity contribution in [1.82, 2.24) is 39.4 Å². The number of anilines is 1. The van der Waals surface area contributed by atoms with Crippen LogP contribution in [0.2, 0.25) is 0 Å². The molecule has 5 heterocycles. The van der Waals surface area contributed by atoms with Crippen LogP contribution >= 0.6 is 0 Å². The zero-order valence-corrected chi connectivity index (χ0v) is 35.6. The van der Waals surface area contributed by atoms with Crippen LogP contribution in [-0.2, 0) is 17.6 Å². The number of nitrogens with one attached hydrogen (secondary N) is 1. The maximum atomic E-state index is 16.8. The van der Waals surface area contributed by atoms with E-state index in [0.717, 1.165) is 36.4 Å². The van der Waals surface area contributed by atoms with Gasteiger partial charge in [0.1, 0.15) is 34.9 Å². The number of ether oxygens (including phenoxy) is 1. The summed E-state index contributed by atoms with van der Waals surface area (Å²) < 4.78 is 103. The number of carboxylic acids is 1. The SMILES string of the molecule is CCOC(=O)c1cc(C(C)Cc2cc(F)c(-c3c(C)nn4c(C(C)C)cc(C(=O)O)nc34)c(F)c2)n2nc(C)c(-c3c(F)ccc(Cc4[nH]nc(N)c4-c4c(F)cccc4F)c3F)c2n1. The standard InChI is InChI=1S/C46H39F6N9O4/c1-7-65-46(64)32-18-34(20(4)13-23-14-28(50)38(29(51)15-23)35-21(5)58-60-33(19(2)3)17-31(45(62)63)54-43(35)60)61-44(55-32)36(22(6)59-61)39-27(49)12-11-24(41(39)52)16-30-40(42(53)57-56-30)37-25(47)9-8-10-26(37)48/h8-12,14-15,17-20H,7,13,16H2,1-6H3,(H,62,63)(H3,53,56,57). The number of carbonyl (C=O) groups is 2. The molecule has 65 heavy (non-hydrogen) atoms. The molecular weight excluding hydrogens is 857 g/mol. The van der Waals surface area contributed by atoms with Crippen LogP contribution in [0.3, 0.4) is 0 Å². The number of nitrogen functional groups attached to an aromatic ring is 1. The predicted molar refractivity (Wildman–Crippen MR) is 226 cm³/mol. The molecule has 5 aromatic heterocycles. The second kappa shape index (κ2) is 16.9. The lowest BCUT2D eigenvalue weighted by atomic mass is 9.94. The number of aromatic nitrogens is 8. The Morgan fingerprint density at radius 2 is 1.29 bits per heavy atom. The highest BCUT2D eigenvalue weighted by Crippen LogP contribution is 2.39. The number of aromatic carboxylic acids is 1. The Kier molecular flexibility index (Phi) is 11.4. The number of esters is 1. The number of fused-ring (bicyclic) bond motifs is 2. The molecule has 8 aromatic rings. The maximum Gasteiger partial charge on any atom is 0.357 e. The summed E-state index contributed by atoms with van der Waals surface area (Å²) in [5.74, 6) is -9.25. The Morgan fingerprint density at radius 1 is 0.738 bits per heavy atom. The quantitative estimate of drug-likeness (QED) is 0.0790. The number of aromatic amines is 1. The summed E-state index contributed by atoms with van der Waals surface area (Å²) in [4.78, 5) is 33.9. The molecular formula is C46H39F6N9O4. The third kappa shape index (κ3) is 7.69. The first-order chi connectivity index (χ1) is 30.9. The van der Waals surface area contributed by atoms with Gasteiger partial charge in [0.25, 0.3) is 0 Å². The van der Waals surface area contributed by atoms with Crippen LogP contribution in [0.5, 0.6) is 0 Å². The van der Waals surface area contributed by atoms with Gasteiger partial charge in [0.15, 0.2) is 28.5 Å². The van der Waals surface area contributed by atoms with Gasteiger partial charge < -0.3 is 15.6 Å². The van der Waals surface area contributed by atoms with Gasteiger partial charge in [-0.25, -0.2) is 54.9 Å². The number of aryl methyl sites for hydroxylation is 2. The summed E-state index contributed by atoms with van der Waals surface area (Å²) in [7, 11) is 0. The summed E-state index contributed by atoms with van der Waals surface area (Å²) in [6.45, 7) is 9.89. The Balaban J connectivity index is 1.20. The molecule has 13 nitrogen and oxygen atoms in total. The molecule has 0 fully saturated rings. The van der Waals surface area contributed by atoms with E-state index in [9.17, 15) is 23.5 Å². The van der Waals surface area contributed by atoms with Gasteiger partial charge in [-0.1, -0.05) is 32.9 Å². The van der Waals surface area contributed by atoms with Gasteiger partial charge in [-0.15, -0.1) is 0 Å². The zero-order valence-electron chi connectivity index (χ0n) is 35.6. The van der Waals surface area contributed by atoms with Gasteiger partial charge in [-0.05, 0) is 86.7 Å². The molecule has 1 atom stereocenters. The highest BCUT2D eigenvalue weighted by molar-refractivity contribution is 5.91. The molecule has 0 saturated carbocycles. The van der Waals surface area contributed by atoms with E-state index in [4.69, 9.17) is 10.5 Å². The van der Waals surface area contributed by atoms with Crippen molar-refractivity contribution in [3.8, 4) is 33.4 Å².